The van der Waals surface area contributed by atoms with Gasteiger partial charge in [0.2, 0.25) is 0 Å². The van der Waals surface area contributed by atoms with E-state index in [4.69, 9.17) is 0 Å². The average molecular weight is 597 g/mol. The van der Waals surface area contributed by atoms with E-state index in [1.165, 1.54) is 218 Å². The Kier molecular flexibility index (Phi) is 31.4. The number of hydrogen-bond donors (Lipinski definition) is 0. The van der Waals surface area contributed by atoms with Gasteiger partial charge in [-0.05, 0) is 50.5 Å². The molecule has 0 aliphatic rings. The molecule has 1 nitrogen and oxygen atoms in total. The minimum absolute atomic E-state index is 1.19. The largest absolute Gasteiger partial charge is 0.205 e. The fourth-order valence-electron chi connectivity index (χ4n) is 6.40. The van der Waals surface area contributed by atoms with E-state index < -0.39 is 0 Å². The zero-order chi connectivity index (χ0) is 30.7. The van der Waals surface area contributed by atoms with Gasteiger partial charge in [0.25, 0.3) is 0 Å². The predicted octanol–water partition coefficient (Wildman–Crippen LogP) is 14.2. The van der Waals surface area contributed by atoms with Gasteiger partial charge in [0.05, 0.1) is 0 Å². The van der Waals surface area contributed by atoms with Crippen LogP contribution in [0.5, 0.6) is 0 Å². The molecule has 0 spiro atoms. The lowest BCUT2D eigenvalue weighted by molar-refractivity contribution is -0.697. The zero-order valence-electron chi connectivity index (χ0n) is 29.7. The molecule has 0 unspecified atom stereocenters. The number of aromatic nitrogens is 1. The molecule has 0 amide bonds. The molecule has 43 heavy (non-hydrogen) atoms. The van der Waals surface area contributed by atoms with Crippen LogP contribution in [-0.2, 0) is 13.0 Å². The van der Waals surface area contributed by atoms with E-state index in [-0.39, 0.29) is 0 Å². The molecule has 1 aromatic rings. The Hall–Kier alpha value is -1.11. The van der Waals surface area contributed by atoms with Crippen LogP contribution in [0.4, 0.5) is 0 Å². The van der Waals surface area contributed by atoms with Gasteiger partial charge in [0.15, 0.2) is 12.4 Å². The summed E-state index contributed by atoms with van der Waals surface area (Å²) in [5, 5.41) is 0. The molecule has 0 bridgehead atoms. The molecule has 250 valence electrons. The number of hydrogen-bond acceptors (Lipinski definition) is 0. The molecular formula is C42H78N+. The summed E-state index contributed by atoms with van der Waals surface area (Å²) in [6, 6.07) is 4.73. The van der Waals surface area contributed by atoms with Gasteiger partial charge in [0.1, 0.15) is 6.54 Å². The van der Waals surface area contributed by atoms with Gasteiger partial charge in [-0.1, -0.05) is 180 Å². The van der Waals surface area contributed by atoms with Gasteiger partial charge in [-0.2, -0.15) is 0 Å². The molecule has 1 aromatic heterocycles. The van der Waals surface area contributed by atoms with Crippen molar-refractivity contribution in [3.8, 4) is 0 Å². The van der Waals surface area contributed by atoms with Crippen LogP contribution in [0.25, 0.3) is 0 Å². The minimum atomic E-state index is 1.19. The summed E-state index contributed by atoms with van der Waals surface area (Å²) in [6.07, 6.45) is 54.7. The Morgan fingerprint density at radius 1 is 0.395 bits per heavy atom. The van der Waals surface area contributed by atoms with Crippen LogP contribution in [0.3, 0.4) is 0 Å². The maximum atomic E-state index is 2.44. The van der Waals surface area contributed by atoms with Gasteiger partial charge >= 0.3 is 0 Å². The Morgan fingerprint density at radius 3 is 1.12 bits per heavy atom. The summed E-state index contributed by atoms with van der Waals surface area (Å²) in [5.74, 6) is 0. The smallest absolute Gasteiger partial charge is 0.169 e. The van der Waals surface area contributed by atoms with Gasteiger partial charge in [-0.3, -0.25) is 0 Å². The topological polar surface area (TPSA) is 3.88 Å². The Balaban J connectivity index is 1.82. The van der Waals surface area contributed by atoms with Crippen molar-refractivity contribution in [1.29, 1.82) is 0 Å². The van der Waals surface area contributed by atoms with Crippen LogP contribution in [0, 0.1) is 0 Å². The van der Waals surface area contributed by atoms with Crippen molar-refractivity contribution in [2.75, 3.05) is 0 Å². The van der Waals surface area contributed by atoms with Crippen molar-refractivity contribution in [2.45, 2.75) is 226 Å². The van der Waals surface area contributed by atoms with Gasteiger partial charge in [-0.15, -0.1) is 0 Å². The van der Waals surface area contributed by atoms with Crippen LogP contribution in [0.15, 0.2) is 36.7 Å². The summed E-state index contributed by atoms with van der Waals surface area (Å²) in [6.45, 7) is 5.79. The lowest BCUT2D eigenvalue weighted by atomic mass is 10.0. The fraction of sp³-hybridized carbons (Fsp3) is 0.833. The molecule has 0 aromatic carbocycles. The molecule has 0 saturated carbocycles. The third-order valence-electron chi connectivity index (χ3n) is 9.46. The standard InChI is InChI=1S/C42H78N/c1-3-5-7-9-11-13-15-17-19-21-23-25-27-29-31-33-35-39-43-40-37-42(38-41-43)36-34-32-30-28-26-24-22-20-18-16-14-12-10-8-6-4-2/h18,20,37-38,40-41H,3-17,19,21-36,39H2,1-2H3/q+1/b20-18+. The number of rotatable bonds is 34. The molecule has 0 fully saturated rings. The molecule has 1 heterocycles. The van der Waals surface area contributed by atoms with Crippen molar-refractivity contribution in [1.82, 2.24) is 0 Å². The molecule has 1 heteroatoms. The van der Waals surface area contributed by atoms with E-state index in [1.54, 1.807) is 0 Å². The molecule has 0 aliphatic heterocycles. The number of allylic oxidation sites excluding steroid dienone is 2. The number of aryl methyl sites for hydroxylation is 2. The van der Waals surface area contributed by atoms with E-state index in [1.807, 2.05) is 0 Å². The zero-order valence-corrected chi connectivity index (χ0v) is 29.7. The molecule has 0 N–H and O–H groups in total. The van der Waals surface area contributed by atoms with Crippen LogP contribution in [0.1, 0.15) is 218 Å². The van der Waals surface area contributed by atoms with Crippen LogP contribution in [0.2, 0.25) is 0 Å². The SMILES string of the molecule is CCCCCCCC/C=C/CCCCCCCCc1cc[n+](CCCCCCCCCCCCCCCCCCC)cc1. The second kappa shape index (κ2) is 33.8. The first-order chi connectivity index (χ1) is 21.4. The highest BCUT2D eigenvalue weighted by atomic mass is 14.9. The van der Waals surface area contributed by atoms with E-state index >= 15 is 0 Å². The molecule has 0 atom stereocenters. The van der Waals surface area contributed by atoms with Crippen LogP contribution < -0.4 is 4.57 Å². The van der Waals surface area contributed by atoms with Crippen molar-refractivity contribution in [3.05, 3.63) is 42.2 Å². The van der Waals surface area contributed by atoms with Crippen molar-refractivity contribution in [3.63, 3.8) is 0 Å². The van der Waals surface area contributed by atoms with Crippen LogP contribution in [-0.4, -0.2) is 0 Å². The highest BCUT2D eigenvalue weighted by Crippen LogP contribution is 2.15. The van der Waals surface area contributed by atoms with E-state index in [0.717, 1.165) is 0 Å². The maximum absolute atomic E-state index is 2.44. The highest BCUT2D eigenvalue weighted by Gasteiger charge is 2.02. The van der Waals surface area contributed by atoms with Crippen molar-refractivity contribution < 1.29 is 4.57 Å². The average Bonchev–Trinajstić information content (AvgIpc) is 3.03. The Morgan fingerprint density at radius 2 is 0.721 bits per heavy atom. The second-order valence-electron chi connectivity index (χ2n) is 13.8. The number of unbranched alkanes of at least 4 members (excludes halogenated alkanes) is 28. The van der Waals surface area contributed by atoms with Gasteiger partial charge < -0.3 is 0 Å². The van der Waals surface area contributed by atoms with E-state index in [2.05, 4.69) is 55.1 Å². The monoisotopic (exact) mass is 597 g/mol. The lowest BCUT2D eigenvalue weighted by Crippen LogP contribution is -2.32. The molecule has 0 radical (unpaired) electrons. The summed E-state index contributed by atoms with van der Waals surface area (Å²) in [5.41, 5.74) is 1.52. The summed E-state index contributed by atoms with van der Waals surface area (Å²) in [4.78, 5) is 0. The number of nitrogens with zero attached hydrogens (tertiary/aromatic N) is 1. The number of pyridine rings is 1. The normalized spacial score (nSPS) is 11.7. The summed E-state index contributed by atoms with van der Waals surface area (Å²) >= 11 is 0. The van der Waals surface area contributed by atoms with E-state index in [0.29, 0.717) is 0 Å². The summed E-state index contributed by atoms with van der Waals surface area (Å²) in [7, 11) is 0. The van der Waals surface area contributed by atoms with Gasteiger partial charge in [-0.25, -0.2) is 4.57 Å². The van der Waals surface area contributed by atoms with Crippen molar-refractivity contribution >= 4 is 0 Å². The lowest BCUT2D eigenvalue weighted by Gasteiger charge is -2.04. The second-order valence-corrected chi connectivity index (χ2v) is 13.8. The molecule has 1 rings (SSSR count). The Labute approximate surface area is 272 Å². The first-order valence-electron chi connectivity index (χ1n) is 20.0. The minimum Gasteiger partial charge on any atom is -0.205 e. The Bertz CT molecular complexity index is 675. The predicted molar refractivity (Wildman–Crippen MR) is 194 cm³/mol. The van der Waals surface area contributed by atoms with Crippen molar-refractivity contribution in [2.24, 2.45) is 0 Å². The first-order valence-corrected chi connectivity index (χ1v) is 20.0. The first kappa shape index (κ1) is 39.9. The van der Waals surface area contributed by atoms with Gasteiger partial charge in [0, 0.05) is 18.6 Å². The third-order valence-corrected chi connectivity index (χ3v) is 9.46. The third kappa shape index (κ3) is 29.4. The summed E-state index contributed by atoms with van der Waals surface area (Å²) < 4.78 is 2.40. The fourth-order valence-corrected chi connectivity index (χ4v) is 6.40. The molecular weight excluding hydrogens is 518 g/mol. The highest BCUT2D eigenvalue weighted by molar-refractivity contribution is 5.07. The molecule has 0 saturated heterocycles. The molecule has 0 aliphatic carbocycles. The van der Waals surface area contributed by atoms with E-state index in [9.17, 15) is 0 Å². The quantitative estimate of drug-likeness (QED) is 0.0423. The maximum Gasteiger partial charge on any atom is 0.169 e. The van der Waals surface area contributed by atoms with Crippen LogP contribution >= 0.6 is 0 Å².